The van der Waals surface area contributed by atoms with Crippen molar-refractivity contribution >= 4 is 0 Å². The molecule has 2 N–H and O–H groups in total. The summed E-state index contributed by atoms with van der Waals surface area (Å²) in [5.74, 6) is 0.00373. The van der Waals surface area contributed by atoms with E-state index in [2.05, 4.69) is 11.4 Å². The summed E-state index contributed by atoms with van der Waals surface area (Å²) in [5.41, 5.74) is 5.58. The van der Waals surface area contributed by atoms with Crippen LogP contribution in [0.1, 0.15) is 44.9 Å². The van der Waals surface area contributed by atoms with Gasteiger partial charge >= 0.3 is 0 Å². The average Bonchev–Trinajstić information content (AvgIpc) is 2.92. The molecule has 0 amide bonds. The first-order valence-corrected chi connectivity index (χ1v) is 8.27. The van der Waals surface area contributed by atoms with E-state index in [1.54, 1.807) is 17.7 Å². The second-order valence-corrected chi connectivity index (χ2v) is 6.32. The molecule has 0 aromatic heterocycles. The van der Waals surface area contributed by atoms with Gasteiger partial charge in [0.05, 0.1) is 6.26 Å². The predicted octanol–water partition coefficient (Wildman–Crippen LogP) is 4.79. The number of nitrogens with one attached hydrogen (secondary N) is 1. The third kappa shape index (κ3) is 3.58. The third-order valence-corrected chi connectivity index (χ3v) is 4.89. The maximum Gasteiger partial charge on any atom is 0.100 e. The molecule has 0 spiro atoms. The number of allylic oxidation sites excluding steroid dienone is 7. The van der Waals surface area contributed by atoms with Gasteiger partial charge < -0.3 is 10.4 Å². The maximum absolute atomic E-state index is 13.0. The summed E-state index contributed by atoms with van der Waals surface area (Å²) in [6.45, 7) is 0.968. The van der Waals surface area contributed by atoms with Gasteiger partial charge in [-0.3, -0.25) is 0 Å². The summed E-state index contributed by atoms with van der Waals surface area (Å²) in [5, 5.41) is 12.6. The number of hydrogen-bond acceptors (Lipinski definition) is 2. The number of hydrogen-bond donors (Lipinski definition) is 2. The maximum atomic E-state index is 13.0. The summed E-state index contributed by atoms with van der Waals surface area (Å²) in [7, 11) is 0. The molecular formula is C19H24FNO. The molecule has 0 aromatic carbocycles. The average molecular weight is 301 g/mol. The lowest BCUT2D eigenvalue weighted by atomic mass is 9.92. The molecule has 3 heteroatoms. The van der Waals surface area contributed by atoms with Crippen LogP contribution in [0.15, 0.2) is 58.7 Å². The van der Waals surface area contributed by atoms with E-state index in [4.69, 9.17) is 5.11 Å². The molecule has 118 valence electrons. The highest BCUT2D eigenvalue weighted by Crippen LogP contribution is 2.36. The van der Waals surface area contributed by atoms with E-state index in [1.165, 1.54) is 23.1 Å². The van der Waals surface area contributed by atoms with Crippen LogP contribution in [0, 0.1) is 0 Å². The predicted molar refractivity (Wildman–Crippen MR) is 88.3 cm³/mol. The number of aliphatic hydroxyl groups excluding tert-OH is 1. The Morgan fingerprint density at radius 2 is 2.09 bits per heavy atom. The van der Waals surface area contributed by atoms with E-state index < -0.39 is 0 Å². The van der Waals surface area contributed by atoms with Crippen LogP contribution >= 0.6 is 0 Å². The van der Waals surface area contributed by atoms with Crippen LogP contribution in [0.25, 0.3) is 0 Å². The van der Waals surface area contributed by atoms with Gasteiger partial charge in [0.1, 0.15) is 5.83 Å². The van der Waals surface area contributed by atoms with Crippen molar-refractivity contribution in [2.45, 2.75) is 51.0 Å². The Morgan fingerprint density at radius 3 is 2.86 bits per heavy atom. The Bertz CT molecular complexity index is 580. The van der Waals surface area contributed by atoms with Crippen molar-refractivity contribution in [1.29, 1.82) is 0 Å². The standard InChI is InChI=1S/C19H24FNO/c20-17-5-1-14(2-6-17)9-11-21-19-8-4-16-13-15(10-12-22)3-7-18(16)19/h1,5,10,12-13,19,21-22H,2-4,6-9,11H2/b12-10-. The second-order valence-electron chi connectivity index (χ2n) is 6.32. The summed E-state index contributed by atoms with van der Waals surface area (Å²) < 4.78 is 13.0. The van der Waals surface area contributed by atoms with Gasteiger partial charge in [-0.05, 0) is 73.9 Å². The van der Waals surface area contributed by atoms with E-state index in [0.717, 1.165) is 44.9 Å². The number of halogens is 1. The van der Waals surface area contributed by atoms with Crippen LogP contribution in [0.5, 0.6) is 0 Å². The van der Waals surface area contributed by atoms with Gasteiger partial charge in [0.15, 0.2) is 0 Å². The van der Waals surface area contributed by atoms with Gasteiger partial charge in [0, 0.05) is 12.5 Å². The lowest BCUT2D eigenvalue weighted by molar-refractivity contribution is 0.472. The highest BCUT2D eigenvalue weighted by Gasteiger charge is 2.26. The van der Waals surface area contributed by atoms with Crippen molar-refractivity contribution in [2.75, 3.05) is 6.54 Å². The van der Waals surface area contributed by atoms with E-state index in [-0.39, 0.29) is 5.83 Å². The van der Waals surface area contributed by atoms with E-state index in [0.29, 0.717) is 12.5 Å². The zero-order valence-corrected chi connectivity index (χ0v) is 12.9. The first-order valence-electron chi connectivity index (χ1n) is 8.27. The highest BCUT2D eigenvalue weighted by atomic mass is 19.1. The van der Waals surface area contributed by atoms with Crippen molar-refractivity contribution in [2.24, 2.45) is 0 Å². The zero-order chi connectivity index (χ0) is 15.4. The monoisotopic (exact) mass is 301 g/mol. The molecule has 0 fully saturated rings. The van der Waals surface area contributed by atoms with Gasteiger partial charge in [-0.2, -0.15) is 0 Å². The second kappa shape index (κ2) is 7.10. The first-order chi connectivity index (χ1) is 10.8. The summed E-state index contributed by atoms with van der Waals surface area (Å²) >= 11 is 0. The van der Waals surface area contributed by atoms with Crippen molar-refractivity contribution < 1.29 is 9.50 Å². The van der Waals surface area contributed by atoms with Gasteiger partial charge in [-0.1, -0.05) is 17.7 Å². The summed E-state index contributed by atoms with van der Waals surface area (Å²) in [4.78, 5) is 0. The fourth-order valence-electron chi connectivity index (χ4n) is 3.66. The van der Waals surface area contributed by atoms with Gasteiger partial charge in [-0.15, -0.1) is 0 Å². The Kier molecular flexibility index (Phi) is 4.94. The largest absolute Gasteiger partial charge is 0.516 e. The fraction of sp³-hybridized carbons (Fsp3) is 0.474. The van der Waals surface area contributed by atoms with E-state index in [9.17, 15) is 4.39 Å². The van der Waals surface area contributed by atoms with E-state index in [1.807, 2.05) is 6.08 Å². The van der Waals surface area contributed by atoms with Gasteiger partial charge in [0.2, 0.25) is 0 Å². The van der Waals surface area contributed by atoms with Crippen LogP contribution in [0.3, 0.4) is 0 Å². The summed E-state index contributed by atoms with van der Waals surface area (Å²) in [6.07, 6.45) is 15.6. The topological polar surface area (TPSA) is 32.3 Å². The fourth-order valence-corrected chi connectivity index (χ4v) is 3.66. The molecule has 1 atom stereocenters. The van der Waals surface area contributed by atoms with Crippen molar-refractivity contribution in [1.82, 2.24) is 5.32 Å². The first kappa shape index (κ1) is 15.3. The molecule has 22 heavy (non-hydrogen) atoms. The van der Waals surface area contributed by atoms with Crippen molar-refractivity contribution in [3.8, 4) is 0 Å². The molecule has 3 rings (SSSR count). The molecule has 0 heterocycles. The lowest BCUT2D eigenvalue weighted by Gasteiger charge is -2.21. The SMILES string of the molecule is O/C=C\C1=CC2=C(CC1)C(NCCC1=CC=C(F)CC1)CC2. The minimum absolute atomic E-state index is 0.00373. The smallest absolute Gasteiger partial charge is 0.100 e. The van der Waals surface area contributed by atoms with Crippen LogP contribution in [-0.2, 0) is 0 Å². The highest BCUT2D eigenvalue weighted by molar-refractivity contribution is 5.42. The van der Waals surface area contributed by atoms with Crippen LogP contribution < -0.4 is 5.32 Å². The third-order valence-electron chi connectivity index (χ3n) is 4.89. The zero-order valence-electron chi connectivity index (χ0n) is 12.9. The molecule has 0 radical (unpaired) electrons. The summed E-state index contributed by atoms with van der Waals surface area (Å²) in [6, 6.07) is 0.502. The lowest BCUT2D eigenvalue weighted by Crippen LogP contribution is -2.30. The van der Waals surface area contributed by atoms with Crippen LogP contribution in [0.2, 0.25) is 0 Å². The Balaban J connectivity index is 1.52. The molecular weight excluding hydrogens is 277 g/mol. The molecule has 0 saturated heterocycles. The van der Waals surface area contributed by atoms with Crippen LogP contribution in [0.4, 0.5) is 4.39 Å². The van der Waals surface area contributed by atoms with E-state index >= 15 is 0 Å². The Labute approximate surface area is 131 Å². The molecule has 2 nitrogen and oxygen atoms in total. The normalized spacial score (nSPS) is 25.1. The van der Waals surface area contributed by atoms with Crippen molar-refractivity contribution in [3.63, 3.8) is 0 Å². The molecule has 3 aliphatic rings. The number of aliphatic hydroxyl groups is 1. The minimum Gasteiger partial charge on any atom is -0.516 e. The van der Waals surface area contributed by atoms with Gasteiger partial charge in [-0.25, -0.2) is 4.39 Å². The minimum atomic E-state index is 0.00373. The van der Waals surface area contributed by atoms with Crippen LogP contribution in [-0.4, -0.2) is 17.7 Å². The molecule has 3 aliphatic carbocycles. The number of rotatable bonds is 5. The molecule has 0 aromatic rings. The van der Waals surface area contributed by atoms with Gasteiger partial charge in [0.25, 0.3) is 0 Å². The Morgan fingerprint density at radius 1 is 1.18 bits per heavy atom. The molecule has 0 saturated carbocycles. The molecule has 0 bridgehead atoms. The Hall–Kier alpha value is -1.61. The van der Waals surface area contributed by atoms with Crippen molar-refractivity contribution in [3.05, 3.63) is 58.7 Å². The quantitative estimate of drug-likeness (QED) is 0.716. The molecule has 0 aliphatic heterocycles. The molecule has 1 unspecified atom stereocenters.